The van der Waals surface area contributed by atoms with Crippen LogP contribution in [0.5, 0.6) is 0 Å². The molecule has 264 valence electrons. The number of aryl methyl sites for hydroxylation is 1. The van der Waals surface area contributed by atoms with Gasteiger partial charge >= 0.3 is 6.09 Å². The number of allylic oxidation sites excluding steroid dienone is 1. The fourth-order valence-electron chi connectivity index (χ4n) is 6.36. The lowest BCUT2D eigenvalue weighted by molar-refractivity contribution is -0.123. The molecule has 4 aromatic rings. The van der Waals surface area contributed by atoms with Crippen molar-refractivity contribution in [3.05, 3.63) is 113 Å². The minimum Gasteiger partial charge on any atom is -0.444 e. The maximum absolute atomic E-state index is 13.0. The first-order chi connectivity index (χ1) is 24.0. The van der Waals surface area contributed by atoms with Crippen LogP contribution in [0.4, 0.5) is 4.79 Å². The molecule has 2 amide bonds. The van der Waals surface area contributed by atoms with Crippen molar-refractivity contribution in [1.29, 1.82) is 0 Å². The number of benzene rings is 3. The summed E-state index contributed by atoms with van der Waals surface area (Å²) in [5, 5.41) is 5.85. The van der Waals surface area contributed by atoms with Gasteiger partial charge in [0, 0.05) is 45.3 Å². The van der Waals surface area contributed by atoms with Crippen LogP contribution in [0.25, 0.3) is 22.0 Å². The van der Waals surface area contributed by atoms with E-state index in [9.17, 15) is 9.59 Å². The maximum Gasteiger partial charge on any atom is 0.410 e. The first-order valence-electron chi connectivity index (χ1n) is 17.9. The molecule has 5 rings (SSSR count). The Bertz CT molecular complexity index is 1790. The van der Waals surface area contributed by atoms with E-state index in [1.807, 2.05) is 31.6 Å². The van der Waals surface area contributed by atoms with Gasteiger partial charge in [-0.05, 0) is 105 Å². The Labute approximate surface area is 297 Å². The highest BCUT2D eigenvalue weighted by Crippen LogP contribution is 2.36. The molecule has 1 atom stereocenters. The van der Waals surface area contributed by atoms with Crippen molar-refractivity contribution in [1.82, 2.24) is 19.6 Å². The molecule has 1 aromatic heterocycles. The molecule has 0 radical (unpaired) electrons. The zero-order valence-electron chi connectivity index (χ0n) is 30.5. The van der Waals surface area contributed by atoms with Crippen LogP contribution in [-0.2, 0) is 20.7 Å². The van der Waals surface area contributed by atoms with Gasteiger partial charge in [-0.2, -0.15) is 5.10 Å². The summed E-state index contributed by atoms with van der Waals surface area (Å²) < 4.78 is 13.8. The van der Waals surface area contributed by atoms with Gasteiger partial charge in [0.05, 0.1) is 11.7 Å². The summed E-state index contributed by atoms with van der Waals surface area (Å²) in [4.78, 5) is 28.2. The van der Waals surface area contributed by atoms with Gasteiger partial charge in [0.2, 0.25) is 5.91 Å². The Morgan fingerprint density at radius 2 is 1.72 bits per heavy atom. The second-order valence-corrected chi connectivity index (χ2v) is 14.1. The number of amides is 2. The molecule has 0 aliphatic carbocycles. The van der Waals surface area contributed by atoms with Crippen LogP contribution >= 0.6 is 0 Å². The zero-order chi connectivity index (χ0) is 35.7. The number of hydrogen-bond donors (Lipinski definition) is 0. The van der Waals surface area contributed by atoms with Crippen LogP contribution in [0, 0.1) is 0 Å². The summed E-state index contributed by atoms with van der Waals surface area (Å²) in [6.45, 7) is 9.39. The number of ether oxygens (including phenoxy) is 2. The summed E-state index contributed by atoms with van der Waals surface area (Å²) >= 11 is 0. The predicted molar refractivity (Wildman–Crippen MR) is 202 cm³/mol. The maximum atomic E-state index is 13.0. The summed E-state index contributed by atoms with van der Waals surface area (Å²) in [6.07, 6.45) is 10.5. The van der Waals surface area contributed by atoms with Crippen LogP contribution in [0.3, 0.4) is 0 Å². The van der Waals surface area contributed by atoms with Gasteiger partial charge in [0.15, 0.2) is 6.23 Å². The Balaban J connectivity index is 1.38. The number of rotatable bonds is 12. The minimum atomic E-state index is -0.606. The molecule has 1 aliphatic heterocycles. The average Bonchev–Trinajstić information content (AvgIpc) is 3.53. The second-order valence-electron chi connectivity index (χ2n) is 14.1. The Hall–Kier alpha value is -4.69. The Morgan fingerprint density at radius 3 is 2.38 bits per heavy atom. The SMILES string of the molecule is CC/C(=C(/c1ccc(CCCN(C/C=C/C(=O)N(C)C)C(=O)OC(C)(C)C)cc1)c1ccc2c(cnn2C2CCCCO2)c1)c1ccccc1. The number of nitrogens with zero attached hydrogens (tertiary/aromatic N) is 4. The normalized spacial score (nSPS) is 15.6. The second kappa shape index (κ2) is 16.8. The van der Waals surface area contributed by atoms with Gasteiger partial charge in [-0.3, -0.25) is 4.79 Å². The standard InChI is InChI=1S/C42H52N4O4/c1-7-36(32-16-9-8-10-17-32)40(34-24-25-37-35(29-34)30-43-46(37)39-19-11-12-28-49-39)33-22-20-31(21-23-33)15-13-26-45(41(48)50-42(2,3)4)27-14-18-38(47)44(5)6/h8-10,14,16-18,20-25,29-30,39H,7,11-13,15,19,26-28H2,1-6H3/b18-14+,40-36+. The van der Waals surface area contributed by atoms with E-state index < -0.39 is 5.60 Å². The van der Waals surface area contributed by atoms with Crippen LogP contribution in [0.2, 0.25) is 0 Å². The van der Waals surface area contributed by atoms with E-state index in [4.69, 9.17) is 14.6 Å². The van der Waals surface area contributed by atoms with Crippen molar-refractivity contribution in [2.45, 2.75) is 78.0 Å². The molecule has 0 spiro atoms. The van der Waals surface area contributed by atoms with Gasteiger partial charge in [0.1, 0.15) is 5.60 Å². The fourth-order valence-corrected chi connectivity index (χ4v) is 6.36. The van der Waals surface area contributed by atoms with Crippen molar-refractivity contribution in [3.8, 4) is 0 Å². The lowest BCUT2D eigenvalue weighted by atomic mass is 9.87. The van der Waals surface area contributed by atoms with Crippen molar-refractivity contribution < 1.29 is 19.1 Å². The molecule has 50 heavy (non-hydrogen) atoms. The van der Waals surface area contributed by atoms with E-state index in [0.717, 1.165) is 67.2 Å². The largest absolute Gasteiger partial charge is 0.444 e. The summed E-state index contributed by atoms with van der Waals surface area (Å²) in [5.41, 5.74) is 7.70. The molecular formula is C42H52N4O4. The number of carbonyl (C=O) groups is 2. The third-order valence-electron chi connectivity index (χ3n) is 8.91. The van der Waals surface area contributed by atoms with E-state index in [2.05, 4.69) is 79.7 Å². The van der Waals surface area contributed by atoms with Crippen LogP contribution in [-0.4, -0.2) is 71.0 Å². The lowest BCUT2D eigenvalue weighted by Gasteiger charge is -2.26. The molecule has 1 unspecified atom stereocenters. The Kier molecular flexibility index (Phi) is 12.3. The molecule has 1 aliphatic rings. The number of carbonyl (C=O) groups excluding carboxylic acids is 2. The number of fused-ring (bicyclic) bond motifs is 1. The monoisotopic (exact) mass is 676 g/mol. The molecular weight excluding hydrogens is 624 g/mol. The van der Waals surface area contributed by atoms with Crippen LogP contribution < -0.4 is 0 Å². The zero-order valence-corrected chi connectivity index (χ0v) is 30.5. The fraction of sp³-hybridized carbons (Fsp3) is 0.405. The predicted octanol–water partition coefficient (Wildman–Crippen LogP) is 8.92. The molecule has 0 saturated carbocycles. The third kappa shape index (κ3) is 9.51. The average molecular weight is 677 g/mol. The van der Waals surface area contributed by atoms with Crippen LogP contribution in [0.15, 0.2) is 91.1 Å². The highest BCUT2D eigenvalue weighted by molar-refractivity contribution is 6.00. The van der Waals surface area contributed by atoms with Gasteiger partial charge in [-0.1, -0.05) is 73.7 Å². The summed E-state index contributed by atoms with van der Waals surface area (Å²) in [5.74, 6) is -0.120. The van der Waals surface area contributed by atoms with E-state index in [0.29, 0.717) is 13.1 Å². The van der Waals surface area contributed by atoms with E-state index in [1.54, 1.807) is 25.1 Å². The smallest absolute Gasteiger partial charge is 0.410 e. The molecule has 1 fully saturated rings. The molecule has 8 heteroatoms. The highest BCUT2D eigenvalue weighted by Gasteiger charge is 2.22. The van der Waals surface area contributed by atoms with E-state index in [-0.39, 0.29) is 18.2 Å². The first kappa shape index (κ1) is 36.6. The van der Waals surface area contributed by atoms with Gasteiger partial charge < -0.3 is 19.3 Å². The Morgan fingerprint density at radius 1 is 0.980 bits per heavy atom. The molecule has 8 nitrogen and oxygen atoms in total. The van der Waals surface area contributed by atoms with E-state index in [1.165, 1.54) is 33.2 Å². The number of likely N-dealkylation sites (N-methyl/N-ethyl adjacent to an activating group) is 1. The lowest BCUT2D eigenvalue weighted by Crippen LogP contribution is -2.37. The van der Waals surface area contributed by atoms with E-state index >= 15 is 0 Å². The highest BCUT2D eigenvalue weighted by atomic mass is 16.6. The van der Waals surface area contributed by atoms with Crippen molar-refractivity contribution in [2.75, 3.05) is 33.8 Å². The van der Waals surface area contributed by atoms with Crippen molar-refractivity contribution in [2.24, 2.45) is 0 Å². The molecule has 2 heterocycles. The summed E-state index contributed by atoms with van der Waals surface area (Å²) in [6, 6.07) is 26.1. The van der Waals surface area contributed by atoms with Gasteiger partial charge in [-0.15, -0.1) is 0 Å². The topological polar surface area (TPSA) is 76.9 Å². The van der Waals surface area contributed by atoms with Crippen molar-refractivity contribution >= 4 is 34.0 Å². The third-order valence-corrected chi connectivity index (χ3v) is 8.91. The minimum absolute atomic E-state index is 0.00913. The molecule has 1 saturated heterocycles. The van der Waals surface area contributed by atoms with Gasteiger partial charge in [0.25, 0.3) is 0 Å². The number of aromatic nitrogens is 2. The first-order valence-corrected chi connectivity index (χ1v) is 17.9. The number of hydrogen-bond acceptors (Lipinski definition) is 5. The molecule has 0 N–H and O–H groups in total. The molecule has 0 bridgehead atoms. The summed E-state index contributed by atoms with van der Waals surface area (Å²) in [7, 11) is 3.41. The van der Waals surface area contributed by atoms with Crippen LogP contribution in [0.1, 0.15) is 88.3 Å². The molecule has 3 aromatic carbocycles. The van der Waals surface area contributed by atoms with Gasteiger partial charge in [-0.25, -0.2) is 9.48 Å². The quantitative estimate of drug-likeness (QED) is 0.111. The van der Waals surface area contributed by atoms with Crippen molar-refractivity contribution in [3.63, 3.8) is 0 Å².